The Balaban J connectivity index is 2.57. The smallest absolute Gasteiger partial charge is 0.306 e. The number of hydrogen-bond donors (Lipinski definition) is 0. The number of oxazole rings is 1. The number of aryl methyl sites for hydroxylation is 1. The molecule has 2 rings (SSSR count). The van der Waals surface area contributed by atoms with Crippen molar-refractivity contribution in [2.24, 2.45) is 0 Å². The first kappa shape index (κ1) is 7.40. The van der Waals surface area contributed by atoms with Crippen molar-refractivity contribution in [2.75, 3.05) is 0 Å². The summed E-state index contributed by atoms with van der Waals surface area (Å²) in [5.74, 6) is 2.10. The van der Waals surface area contributed by atoms with Gasteiger partial charge in [-0.2, -0.15) is 4.98 Å². The minimum atomic E-state index is 0.423. The third kappa shape index (κ3) is 1.02. The Morgan fingerprint density at radius 1 is 1.42 bits per heavy atom. The van der Waals surface area contributed by atoms with E-state index >= 15 is 0 Å². The predicted octanol–water partition coefficient (Wildman–Crippen LogP) is 2.36. The van der Waals surface area contributed by atoms with E-state index in [-0.39, 0.29) is 0 Å². The van der Waals surface area contributed by atoms with Gasteiger partial charge >= 0.3 is 5.84 Å². The number of rotatable bonds is 1. The molecule has 0 atom stereocenters. The van der Waals surface area contributed by atoms with E-state index in [0.29, 0.717) is 11.8 Å². The quantitative estimate of drug-likeness (QED) is 0.647. The number of fused-ring (bicyclic) bond motifs is 1. The Morgan fingerprint density at radius 3 is 2.75 bits per heavy atom. The van der Waals surface area contributed by atoms with E-state index in [0.717, 1.165) is 11.5 Å². The van der Waals surface area contributed by atoms with Gasteiger partial charge in [0.2, 0.25) is 0 Å². The lowest BCUT2D eigenvalue weighted by Crippen LogP contribution is -1.81. The van der Waals surface area contributed by atoms with E-state index in [9.17, 15) is 0 Å². The highest BCUT2D eigenvalue weighted by Crippen LogP contribution is 2.17. The predicted molar refractivity (Wildman–Crippen MR) is 46.3 cm³/mol. The van der Waals surface area contributed by atoms with E-state index < -0.39 is 0 Å². The minimum Gasteiger partial charge on any atom is -0.428 e. The van der Waals surface area contributed by atoms with Crippen LogP contribution in [0.15, 0.2) is 16.8 Å². The molecule has 3 heteroatoms. The zero-order valence-electron chi connectivity index (χ0n) is 7.53. The molecule has 0 radical (unpaired) electrons. The zero-order valence-corrected chi connectivity index (χ0v) is 7.53. The van der Waals surface area contributed by atoms with Gasteiger partial charge in [0.25, 0.3) is 0 Å². The molecule has 0 aliphatic heterocycles. The van der Waals surface area contributed by atoms with Gasteiger partial charge in [-0.15, -0.1) is 0 Å². The molecule has 0 aromatic carbocycles. The normalized spacial score (nSPS) is 11.7. The van der Waals surface area contributed by atoms with E-state index in [2.05, 4.69) is 18.8 Å². The second-order valence-corrected chi connectivity index (χ2v) is 3.36. The molecule has 2 heterocycles. The lowest BCUT2D eigenvalue weighted by Gasteiger charge is -1.94. The molecule has 0 unspecified atom stereocenters. The molecule has 0 saturated carbocycles. The fourth-order valence-corrected chi connectivity index (χ4v) is 1.20. The number of imidazole rings is 1. The van der Waals surface area contributed by atoms with Crippen molar-refractivity contribution in [1.29, 1.82) is 0 Å². The summed E-state index contributed by atoms with van der Waals surface area (Å²) in [5, 5.41) is 0. The van der Waals surface area contributed by atoms with Crippen molar-refractivity contribution in [3.05, 3.63) is 23.8 Å². The Labute approximate surface area is 71.0 Å². The van der Waals surface area contributed by atoms with Gasteiger partial charge in [-0.25, -0.2) is 0 Å². The van der Waals surface area contributed by atoms with Crippen LogP contribution < -0.4 is 0 Å². The molecule has 2 aromatic heterocycles. The standard InChI is InChI=1S/C9H12N2O/c1-6(2)8-5-11-4-7(3)10-9(11)12-8/h4-6H,1-3H3. The third-order valence-corrected chi connectivity index (χ3v) is 1.86. The van der Waals surface area contributed by atoms with Gasteiger partial charge in [-0.3, -0.25) is 4.40 Å². The van der Waals surface area contributed by atoms with Crippen LogP contribution in [0.5, 0.6) is 0 Å². The summed E-state index contributed by atoms with van der Waals surface area (Å²) in [7, 11) is 0. The minimum absolute atomic E-state index is 0.423. The summed E-state index contributed by atoms with van der Waals surface area (Å²) in [5.41, 5.74) is 0.990. The van der Waals surface area contributed by atoms with Crippen molar-refractivity contribution < 1.29 is 4.42 Å². The van der Waals surface area contributed by atoms with Gasteiger partial charge in [-0.1, -0.05) is 13.8 Å². The summed E-state index contributed by atoms with van der Waals surface area (Å²) >= 11 is 0. The lowest BCUT2D eigenvalue weighted by atomic mass is 10.2. The highest BCUT2D eigenvalue weighted by atomic mass is 16.4. The first-order valence-electron chi connectivity index (χ1n) is 4.12. The molecule has 0 aliphatic rings. The van der Waals surface area contributed by atoms with E-state index in [1.54, 1.807) is 0 Å². The second kappa shape index (κ2) is 2.37. The summed E-state index contributed by atoms with van der Waals surface area (Å²) in [6.45, 7) is 6.16. The molecule has 12 heavy (non-hydrogen) atoms. The van der Waals surface area contributed by atoms with Gasteiger partial charge in [0, 0.05) is 12.1 Å². The summed E-state index contributed by atoms with van der Waals surface area (Å²) < 4.78 is 7.42. The van der Waals surface area contributed by atoms with E-state index in [1.165, 1.54) is 0 Å². The van der Waals surface area contributed by atoms with Crippen molar-refractivity contribution in [3.8, 4) is 0 Å². The lowest BCUT2D eigenvalue weighted by molar-refractivity contribution is 0.511. The fraction of sp³-hybridized carbons (Fsp3) is 0.444. The average molecular weight is 164 g/mol. The molecule has 0 saturated heterocycles. The molecule has 0 aliphatic carbocycles. The van der Waals surface area contributed by atoms with Crippen LogP contribution in [0.25, 0.3) is 5.84 Å². The molecular weight excluding hydrogens is 152 g/mol. The Bertz CT molecular complexity index is 366. The molecule has 3 nitrogen and oxygen atoms in total. The van der Waals surface area contributed by atoms with Gasteiger partial charge in [-0.05, 0) is 6.92 Å². The van der Waals surface area contributed by atoms with Crippen LogP contribution in [0.3, 0.4) is 0 Å². The number of aromatic nitrogens is 2. The van der Waals surface area contributed by atoms with Crippen LogP contribution in [0.1, 0.15) is 31.2 Å². The topological polar surface area (TPSA) is 30.4 Å². The van der Waals surface area contributed by atoms with Crippen molar-refractivity contribution >= 4 is 5.84 Å². The molecule has 0 amide bonds. The number of nitrogens with zero attached hydrogens (tertiary/aromatic N) is 2. The maximum absolute atomic E-state index is 5.50. The summed E-state index contributed by atoms with van der Waals surface area (Å²) in [6, 6.07) is 0. The fourth-order valence-electron chi connectivity index (χ4n) is 1.20. The zero-order chi connectivity index (χ0) is 8.72. The van der Waals surface area contributed by atoms with Crippen LogP contribution in [0.4, 0.5) is 0 Å². The van der Waals surface area contributed by atoms with Crippen LogP contribution in [-0.4, -0.2) is 9.38 Å². The molecule has 0 N–H and O–H groups in total. The highest BCUT2D eigenvalue weighted by Gasteiger charge is 2.08. The molecule has 0 fully saturated rings. The highest BCUT2D eigenvalue weighted by molar-refractivity contribution is 5.28. The Morgan fingerprint density at radius 2 is 2.17 bits per heavy atom. The van der Waals surface area contributed by atoms with Crippen LogP contribution >= 0.6 is 0 Å². The number of hydrogen-bond acceptors (Lipinski definition) is 2. The average Bonchev–Trinajstić information content (AvgIpc) is 2.42. The largest absolute Gasteiger partial charge is 0.428 e. The van der Waals surface area contributed by atoms with Crippen molar-refractivity contribution in [2.45, 2.75) is 26.7 Å². The molecule has 64 valence electrons. The van der Waals surface area contributed by atoms with E-state index in [1.807, 2.05) is 23.7 Å². The maximum atomic E-state index is 5.50. The van der Waals surface area contributed by atoms with Gasteiger partial charge in [0.15, 0.2) is 0 Å². The maximum Gasteiger partial charge on any atom is 0.306 e. The molecule has 2 aromatic rings. The van der Waals surface area contributed by atoms with Crippen molar-refractivity contribution in [3.63, 3.8) is 0 Å². The second-order valence-electron chi connectivity index (χ2n) is 3.36. The molecule has 0 spiro atoms. The van der Waals surface area contributed by atoms with Crippen molar-refractivity contribution in [1.82, 2.24) is 9.38 Å². The van der Waals surface area contributed by atoms with Gasteiger partial charge in [0.1, 0.15) is 5.76 Å². The SMILES string of the molecule is Cc1cn2cc(C(C)C)oc2n1. The van der Waals surface area contributed by atoms with Gasteiger partial charge in [0.05, 0.1) is 11.9 Å². The Hall–Kier alpha value is -1.25. The van der Waals surface area contributed by atoms with E-state index in [4.69, 9.17) is 4.42 Å². The van der Waals surface area contributed by atoms with Crippen LogP contribution in [-0.2, 0) is 0 Å². The van der Waals surface area contributed by atoms with Crippen LogP contribution in [0, 0.1) is 6.92 Å². The first-order valence-corrected chi connectivity index (χ1v) is 4.12. The third-order valence-electron chi connectivity index (χ3n) is 1.86. The summed E-state index contributed by atoms with van der Waals surface area (Å²) in [6.07, 6.45) is 3.95. The molecule has 0 bridgehead atoms. The first-order chi connectivity index (χ1) is 5.66. The van der Waals surface area contributed by atoms with Crippen LogP contribution in [0.2, 0.25) is 0 Å². The van der Waals surface area contributed by atoms with Gasteiger partial charge < -0.3 is 4.42 Å². The Kier molecular flexibility index (Phi) is 1.46. The monoisotopic (exact) mass is 164 g/mol. The molecular formula is C9H12N2O. The summed E-state index contributed by atoms with van der Waals surface area (Å²) in [4.78, 5) is 4.21.